The number of nitrogens with one attached hydrogen (secondary N) is 2. The first-order chi connectivity index (χ1) is 8.65. The molecule has 1 aliphatic heterocycles. The molecule has 0 amide bonds. The molecule has 1 atom stereocenters. The third-order valence-electron chi connectivity index (χ3n) is 2.94. The van der Waals surface area contributed by atoms with Crippen molar-refractivity contribution in [3.63, 3.8) is 0 Å². The minimum Gasteiger partial charge on any atom is -0.376 e. The predicted molar refractivity (Wildman–Crippen MR) is 74.3 cm³/mol. The normalized spacial score (nSPS) is 18.7. The standard InChI is InChI=1S/C13H17FN2OS/c1-9-4-5-10(7-12(9)14)16-13(18)15-8-11-3-2-6-17-11/h4-5,7,11H,2-3,6,8H2,1H3,(H2,15,16,18). The lowest BCUT2D eigenvalue weighted by atomic mass is 10.2. The van der Waals surface area contributed by atoms with E-state index in [-0.39, 0.29) is 11.9 Å². The highest BCUT2D eigenvalue weighted by atomic mass is 32.1. The van der Waals surface area contributed by atoms with Gasteiger partial charge in [-0.3, -0.25) is 0 Å². The van der Waals surface area contributed by atoms with Gasteiger partial charge in [0.1, 0.15) is 5.82 Å². The molecule has 98 valence electrons. The van der Waals surface area contributed by atoms with Crippen LogP contribution in [-0.4, -0.2) is 24.4 Å². The van der Waals surface area contributed by atoms with Crippen molar-refractivity contribution in [3.05, 3.63) is 29.6 Å². The molecule has 1 aromatic carbocycles. The van der Waals surface area contributed by atoms with Crippen LogP contribution in [0.5, 0.6) is 0 Å². The molecule has 18 heavy (non-hydrogen) atoms. The average Bonchev–Trinajstić information content (AvgIpc) is 2.84. The molecule has 0 aliphatic carbocycles. The summed E-state index contributed by atoms with van der Waals surface area (Å²) in [6, 6.07) is 4.97. The zero-order valence-corrected chi connectivity index (χ0v) is 11.1. The first-order valence-corrected chi connectivity index (χ1v) is 6.48. The van der Waals surface area contributed by atoms with Crippen LogP contribution in [-0.2, 0) is 4.74 Å². The summed E-state index contributed by atoms with van der Waals surface area (Å²) in [6.45, 7) is 3.25. The van der Waals surface area contributed by atoms with Crippen molar-refractivity contribution in [1.82, 2.24) is 5.32 Å². The number of rotatable bonds is 3. The van der Waals surface area contributed by atoms with Gasteiger partial charge >= 0.3 is 0 Å². The van der Waals surface area contributed by atoms with Crippen LogP contribution in [0.25, 0.3) is 0 Å². The highest BCUT2D eigenvalue weighted by Gasteiger charge is 2.15. The van der Waals surface area contributed by atoms with Gasteiger partial charge < -0.3 is 15.4 Å². The summed E-state index contributed by atoms with van der Waals surface area (Å²) in [5, 5.41) is 6.53. The van der Waals surface area contributed by atoms with Crippen LogP contribution in [0.3, 0.4) is 0 Å². The Labute approximate surface area is 112 Å². The maximum atomic E-state index is 13.3. The van der Waals surface area contributed by atoms with Crippen molar-refractivity contribution in [2.75, 3.05) is 18.5 Å². The summed E-state index contributed by atoms with van der Waals surface area (Å²) in [5.41, 5.74) is 1.28. The van der Waals surface area contributed by atoms with Crippen LogP contribution in [0.4, 0.5) is 10.1 Å². The Morgan fingerprint density at radius 2 is 2.39 bits per heavy atom. The molecule has 1 saturated heterocycles. The van der Waals surface area contributed by atoms with Crippen LogP contribution in [0.1, 0.15) is 18.4 Å². The first-order valence-electron chi connectivity index (χ1n) is 6.08. The summed E-state index contributed by atoms with van der Waals surface area (Å²) in [5.74, 6) is -0.234. The molecule has 0 bridgehead atoms. The Kier molecular flexibility index (Phi) is 4.49. The number of aryl methyl sites for hydroxylation is 1. The van der Waals surface area contributed by atoms with Gasteiger partial charge in [-0.05, 0) is 49.7 Å². The largest absolute Gasteiger partial charge is 0.376 e. The second-order valence-electron chi connectivity index (χ2n) is 4.43. The number of hydrogen-bond acceptors (Lipinski definition) is 2. The molecule has 3 nitrogen and oxygen atoms in total. The SMILES string of the molecule is Cc1ccc(NC(=S)NCC2CCCO2)cc1F. The second-order valence-corrected chi connectivity index (χ2v) is 4.84. The topological polar surface area (TPSA) is 33.3 Å². The molecular formula is C13H17FN2OS. The third kappa shape index (κ3) is 3.65. The summed E-state index contributed by atoms with van der Waals surface area (Å²) in [4.78, 5) is 0. The van der Waals surface area contributed by atoms with Gasteiger partial charge in [-0.25, -0.2) is 4.39 Å². The maximum absolute atomic E-state index is 13.3. The van der Waals surface area contributed by atoms with Crippen molar-refractivity contribution >= 4 is 23.0 Å². The monoisotopic (exact) mass is 268 g/mol. The van der Waals surface area contributed by atoms with Gasteiger partial charge in [0.25, 0.3) is 0 Å². The molecule has 1 unspecified atom stereocenters. The predicted octanol–water partition coefficient (Wildman–Crippen LogP) is 2.60. The Morgan fingerprint density at radius 1 is 1.56 bits per heavy atom. The highest BCUT2D eigenvalue weighted by Crippen LogP contribution is 2.14. The quantitative estimate of drug-likeness (QED) is 0.826. The number of ether oxygens (including phenoxy) is 1. The summed E-state index contributed by atoms with van der Waals surface area (Å²) < 4.78 is 18.8. The Morgan fingerprint density at radius 3 is 3.06 bits per heavy atom. The van der Waals surface area contributed by atoms with Crippen molar-refractivity contribution in [2.24, 2.45) is 0 Å². The van der Waals surface area contributed by atoms with Gasteiger partial charge in [0.15, 0.2) is 5.11 Å². The minimum absolute atomic E-state index is 0.234. The van der Waals surface area contributed by atoms with E-state index in [0.717, 1.165) is 19.4 Å². The maximum Gasteiger partial charge on any atom is 0.170 e. The van der Waals surface area contributed by atoms with E-state index in [0.29, 0.717) is 22.9 Å². The molecular weight excluding hydrogens is 251 g/mol. The lowest BCUT2D eigenvalue weighted by Crippen LogP contribution is -2.34. The van der Waals surface area contributed by atoms with Gasteiger partial charge in [0.2, 0.25) is 0 Å². The summed E-state index contributed by atoms with van der Waals surface area (Å²) in [7, 11) is 0. The van der Waals surface area contributed by atoms with E-state index >= 15 is 0 Å². The van der Waals surface area contributed by atoms with Crippen molar-refractivity contribution in [3.8, 4) is 0 Å². The summed E-state index contributed by atoms with van der Waals surface area (Å²) >= 11 is 5.15. The molecule has 0 radical (unpaired) electrons. The third-order valence-corrected chi connectivity index (χ3v) is 3.19. The van der Waals surface area contributed by atoms with E-state index in [2.05, 4.69) is 10.6 Å². The van der Waals surface area contributed by atoms with E-state index in [4.69, 9.17) is 17.0 Å². The molecule has 0 aromatic heterocycles. The van der Waals surface area contributed by atoms with Crippen LogP contribution in [0, 0.1) is 12.7 Å². The highest BCUT2D eigenvalue weighted by molar-refractivity contribution is 7.80. The van der Waals surface area contributed by atoms with E-state index < -0.39 is 0 Å². The second kappa shape index (κ2) is 6.11. The fourth-order valence-electron chi connectivity index (χ4n) is 1.86. The number of benzene rings is 1. The van der Waals surface area contributed by atoms with Crippen molar-refractivity contribution in [2.45, 2.75) is 25.9 Å². The van der Waals surface area contributed by atoms with Crippen LogP contribution >= 0.6 is 12.2 Å². The zero-order chi connectivity index (χ0) is 13.0. The molecule has 1 aliphatic rings. The van der Waals surface area contributed by atoms with Gasteiger partial charge in [-0.1, -0.05) is 6.07 Å². The minimum atomic E-state index is -0.234. The van der Waals surface area contributed by atoms with Gasteiger partial charge in [-0.15, -0.1) is 0 Å². The Balaban J connectivity index is 1.80. The fourth-order valence-corrected chi connectivity index (χ4v) is 2.06. The molecule has 0 saturated carbocycles. The van der Waals surface area contributed by atoms with E-state index in [1.54, 1.807) is 19.1 Å². The van der Waals surface area contributed by atoms with Crippen LogP contribution < -0.4 is 10.6 Å². The molecule has 0 spiro atoms. The molecule has 1 heterocycles. The van der Waals surface area contributed by atoms with E-state index in [1.165, 1.54) is 6.07 Å². The van der Waals surface area contributed by atoms with Crippen LogP contribution in [0.15, 0.2) is 18.2 Å². The Bertz CT molecular complexity index is 433. The molecule has 2 rings (SSSR count). The molecule has 2 N–H and O–H groups in total. The van der Waals surface area contributed by atoms with Gasteiger partial charge in [0.05, 0.1) is 6.10 Å². The van der Waals surface area contributed by atoms with E-state index in [9.17, 15) is 4.39 Å². The number of anilines is 1. The fraction of sp³-hybridized carbons (Fsp3) is 0.462. The van der Waals surface area contributed by atoms with Crippen LogP contribution in [0.2, 0.25) is 0 Å². The summed E-state index contributed by atoms with van der Waals surface area (Å²) in [6.07, 6.45) is 2.41. The first kappa shape index (κ1) is 13.2. The molecule has 1 fully saturated rings. The van der Waals surface area contributed by atoms with E-state index in [1.807, 2.05) is 0 Å². The number of thiocarbonyl (C=S) groups is 1. The van der Waals surface area contributed by atoms with Gasteiger partial charge in [0, 0.05) is 18.8 Å². The number of hydrogen-bond donors (Lipinski definition) is 2. The lowest BCUT2D eigenvalue weighted by molar-refractivity contribution is 0.114. The zero-order valence-electron chi connectivity index (χ0n) is 10.3. The average molecular weight is 268 g/mol. The molecule has 5 heteroatoms. The number of halogens is 1. The Hall–Kier alpha value is -1.20. The smallest absolute Gasteiger partial charge is 0.170 e. The molecule has 1 aromatic rings. The van der Waals surface area contributed by atoms with Crippen molar-refractivity contribution < 1.29 is 9.13 Å². The van der Waals surface area contributed by atoms with Gasteiger partial charge in [-0.2, -0.15) is 0 Å². The van der Waals surface area contributed by atoms with Crippen molar-refractivity contribution in [1.29, 1.82) is 0 Å². The lowest BCUT2D eigenvalue weighted by Gasteiger charge is -2.14.